The first-order valence-electron chi connectivity index (χ1n) is 8.27. The summed E-state index contributed by atoms with van der Waals surface area (Å²) in [6.45, 7) is 2.07. The molecule has 0 radical (unpaired) electrons. The first kappa shape index (κ1) is 15.8. The van der Waals surface area contributed by atoms with Crippen molar-refractivity contribution in [1.29, 1.82) is 5.26 Å². The second kappa shape index (κ2) is 6.65. The maximum absolute atomic E-state index is 9.02. The highest BCUT2D eigenvalue weighted by Gasteiger charge is 2.10. The van der Waals surface area contributed by atoms with Crippen LogP contribution < -0.4 is 5.32 Å². The van der Waals surface area contributed by atoms with E-state index in [1.165, 1.54) is 5.56 Å². The fraction of sp³-hybridized carbons (Fsp3) is 0.100. The molecule has 6 nitrogen and oxygen atoms in total. The average molecular weight is 340 g/mol. The van der Waals surface area contributed by atoms with Crippen molar-refractivity contribution in [3.05, 3.63) is 78.2 Å². The molecule has 2 aromatic carbocycles. The molecule has 0 saturated carbocycles. The van der Waals surface area contributed by atoms with Gasteiger partial charge in [0, 0.05) is 6.20 Å². The number of nitrogens with zero attached hydrogens (tertiary/aromatic N) is 5. The van der Waals surface area contributed by atoms with Crippen molar-refractivity contribution in [3.8, 4) is 11.9 Å². The first-order valence-corrected chi connectivity index (χ1v) is 8.27. The third-order valence-electron chi connectivity index (χ3n) is 4.21. The number of hydrogen-bond acceptors (Lipinski definition) is 5. The van der Waals surface area contributed by atoms with Crippen LogP contribution in [0.4, 0.5) is 5.95 Å². The molecule has 0 saturated heterocycles. The highest BCUT2D eigenvalue weighted by Crippen LogP contribution is 2.20. The van der Waals surface area contributed by atoms with Crippen molar-refractivity contribution < 1.29 is 0 Å². The Hall–Kier alpha value is -3.72. The van der Waals surface area contributed by atoms with Crippen molar-refractivity contribution in [2.45, 2.75) is 13.0 Å². The number of imidazole rings is 1. The number of benzene rings is 2. The topological polar surface area (TPSA) is 79.4 Å². The van der Waals surface area contributed by atoms with Crippen LogP contribution in [0.5, 0.6) is 0 Å². The molecular formula is C20H16N6. The molecule has 1 unspecified atom stereocenters. The Balaban J connectivity index is 1.65. The normalized spacial score (nSPS) is 11.8. The van der Waals surface area contributed by atoms with E-state index in [0.29, 0.717) is 11.5 Å². The molecule has 1 atom stereocenters. The summed E-state index contributed by atoms with van der Waals surface area (Å²) < 4.78 is 1.89. The number of nitriles is 1. The summed E-state index contributed by atoms with van der Waals surface area (Å²) in [7, 11) is 0. The maximum atomic E-state index is 9.02. The van der Waals surface area contributed by atoms with Gasteiger partial charge in [-0.05, 0) is 36.8 Å². The fourth-order valence-corrected chi connectivity index (χ4v) is 2.84. The summed E-state index contributed by atoms with van der Waals surface area (Å²) in [5, 5.41) is 12.3. The largest absolute Gasteiger partial charge is 0.348 e. The van der Waals surface area contributed by atoms with Crippen LogP contribution in [0.15, 0.2) is 67.1 Å². The lowest BCUT2D eigenvalue weighted by molar-refractivity contribution is 0.854. The highest BCUT2D eigenvalue weighted by molar-refractivity contribution is 5.78. The first-order chi connectivity index (χ1) is 12.7. The Morgan fingerprint density at radius 3 is 2.73 bits per heavy atom. The molecule has 0 spiro atoms. The minimum Gasteiger partial charge on any atom is -0.348 e. The van der Waals surface area contributed by atoms with Crippen molar-refractivity contribution in [2.75, 3.05) is 5.32 Å². The summed E-state index contributed by atoms with van der Waals surface area (Å²) in [6.07, 6.45) is 3.43. The van der Waals surface area contributed by atoms with E-state index in [9.17, 15) is 0 Å². The molecule has 4 aromatic rings. The van der Waals surface area contributed by atoms with E-state index in [1.54, 1.807) is 24.7 Å². The maximum Gasteiger partial charge on any atom is 0.225 e. The molecule has 0 fully saturated rings. The molecule has 4 rings (SSSR count). The van der Waals surface area contributed by atoms with Gasteiger partial charge < -0.3 is 5.32 Å². The molecule has 0 aliphatic carbocycles. The summed E-state index contributed by atoms with van der Waals surface area (Å²) in [6, 6.07) is 19.6. The van der Waals surface area contributed by atoms with Crippen LogP contribution in [0, 0.1) is 11.3 Å². The van der Waals surface area contributed by atoms with Gasteiger partial charge in [-0.25, -0.2) is 9.97 Å². The predicted molar refractivity (Wildman–Crippen MR) is 99.9 cm³/mol. The van der Waals surface area contributed by atoms with Crippen LogP contribution in [0.25, 0.3) is 16.9 Å². The van der Waals surface area contributed by atoms with E-state index >= 15 is 0 Å². The zero-order chi connectivity index (χ0) is 17.9. The lowest BCUT2D eigenvalue weighted by atomic mass is 10.1. The van der Waals surface area contributed by atoms with Crippen LogP contribution in [-0.2, 0) is 0 Å². The Morgan fingerprint density at radius 1 is 1.08 bits per heavy atom. The summed E-state index contributed by atoms with van der Waals surface area (Å²) in [5.74, 6) is 1.27. The zero-order valence-corrected chi connectivity index (χ0v) is 14.2. The lowest BCUT2D eigenvalue weighted by Crippen LogP contribution is -2.10. The molecule has 0 aliphatic rings. The van der Waals surface area contributed by atoms with Crippen molar-refractivity contribution in [1.82, 2.24) is 19.5 Å². The fourth-order valence-electron chi connectivity index (χ4n) is 2.84. The number of anilines is 1. The number of fused-ring (bicyclic) bond motifs is 1. The Morgan fingerprint density at radius 2 is 1.92 bits per heavy atom. The minimum absolute atomic E-state index is 0.0872. The molecule has 6 heteroatoms. The second-order valence-corrected chi connectivity index (χ2v) is 5.95. The molecule has 1 N–H and O–H groups in total. The molecule has 0 amide bonds. The quantitative estimate of drug-likeness (QED) is 0.610. The molecule has 0 aliphatic heterocycles. The van der Waals surface area contributed by atoms with Gasteiger partial charge in [0.25, 0.3) is 0 Å². The van der Waals surface area contributed by atoms with E-state index in [0.717, 1.165) is 16.9 Å². The van der Waals surface area contributed by atoms with Gasteiger partial charge in [0.2, 0.25) is 5.95 Å². The second-order valence-electron chi connectivity index (χ2n) is 5.95. The van der Waals surface area contributed by atoms with Gasteiger partial charge in [0.05, 0.1) is 28.7 Å². The van der Waals surface area contributed by atoms with Gasteiger partial charge in [-0.2, -0.15) is 10.2 Å². The van der Waals surface area contributed by atoms with Gasteiger partial charge >= 0.3 is 0 Å². The highest BCUT2D eigenvalue weighted by atomic mass is 15.2. The molecule has 0 bridgehead atoms. The Labute approximate surface area is 150 Å². The Bertz CT molecular complexity index is 1090. The van der Waals surface area contributed by atoms with Gasteiger partial charge in [-0.3, -0.25) is 4.57 Å². The molecule has 2 aromatic heterocycles. The molecule has 2 heterocycles. The summed E-state index contributed by atoms with van der Waals surface area (Å²) in [5.41, 5.74) is 3.41. The van der Waals surface area contributed by atoms with E-state index in [4.69, 9.17) is 5.26 Å². The van der Waals surface area contributed by atoms with E-state index < -0.39 is 0 Å². The minimum atomic E-state index is 0.0872. The predicted octanol–water partition coefficient (Wildman–Crippen LogP) is 3.86. The standard InChI is InChI=1S/C20H16N6/c1-14(16-5-3-2-4-6-16)24-20-22-10-9-19(25-20)26-13-23-17-11-15(12-21)7-8-18(17)26/h2-11,13-14H,1H3,(H,22,24,25). The number of rotatable bonds is 4. The van der Waals surface area contributed by atoms with Gasteiger partial charge in [0.1, 0.15) is 12.1 Å². The van der Waals surface area contributed by atoms with Crippen molar-refractivity contribution in [2.24, 2.45) is 0 Å². The van der Waals surface area contributed by atoms with Gasteiger partial charge in [0.15, 0.2) is 0 Å². The van der Waals surface area contributed by atoms with Crippen molar-refractivity contribution in [3.63, 3.8) is 0 Å². The van der Waals surface area contributed by atoms with Gasteiger partial charge in [-0.1, -0.05) is 30.3 Å². The van der Waals surface area contributed by atoms with Crippen LogP contribution in [0.1, 0.15) is 24.1 Å². The lowest BCUT2D eigenvalue weighted by Gasteiger charge is -2.14. The third-order valence-corrected chi connectivity index (χ3v) is 4.21. The van der Waals surface area contributed by atoms with Crippen LogP contribution in [0.2, 0.25) is 0 Å². The molecule has 26 heavy (non-hydrogen) atoms. The summed E-state index contributed by atoms with van der Waals surface area (Å²) >= 11 is 0. The average Bonchev–Trinajstić information content (AvgIpc) is 3.12. The molecule has 126 valence electrons. The van der Waals surface area contributed by atoms with Crippen molar-refractivity contribution >= 4 is 17.0 Å². The number of nitrogens with one attached hydrogen (secondary N) is 1. The zero-order valence-electron chi connectivity index (χ0n) is 14.2. The van der Waals surface area contributed by atoms with E-state index in [1.807, 2.05) is 34.9 Å². The van der Waals surface area contributed by atoms with Crippen LogP contribution in [0.3, 0.4) is 0 Å². The van der Waals surface area contributed by atoms with E-state index in [2.05, 4.69) is 45.4 Å². The summed E-state index contributed by atoms with van der Waals surface area (Å²) in [4.78, 5) is 13.3. The number of aromatic nitrogens is 4. The Kier molecular flexibility index (Phi) is 4.04. The van der Waals surface area contributed by atoms with Gasteiger partial charge in [-0.15, -0.1) is 0 Å². The SMILES string of the molecule is CC(Nc1nccc(-n2cnc3cc(C#N)ccc32)n1)c1ccccc1. The monoisotopic (exact) mass is 340 g/mol. The van der Waals surface area contributed by atoms with Crippen LogP contribution in [-0.4, -0.2) is 19.5 Å². The smallest absolute Gasteiger partial charge is 0.225 e. The van der Waals surface area contributed by atoms with Crippen LogP contribution >= 0.6 is 0 Å². The van der Waals surface area contributed by atoms with E-state index in [-0.39, 0.29) is 6.04 Å². The third kappa shape index (κ3) is 2.98. The molecular weight excluding hydrogens is 324 g/mol. The number of hydrogen-bond donors (Lipinski definition) is 1.